The van der Waals surface area contributed by atoms with Crippen molar-refractivity contribution < 1.29 is 9.53 Å². The molecule has 0 spiro atoms. The van der Waals surface area contributed by atoms with E-state index in [1.54, 1.807) is 0 Å². The lowest BCUT2D eigenvalue weighted by molar-refractivity contribution is -0.143. The number of esters is 1. The highest BCUT2D eigenvalue weighted by Crippen LogP contribution is 2.21. The molecule has 0 heterocycles. The highest BCUT2D eigenvalue weighted by molar-refractivity contribution is 5.69. The molecule has 2 N–H and O–H groups in total. The summed E-state index contributed by atoms with van der Waals surface area (Å²) in [6, 6.07) is 9.80. The van der Waals surface area contributed by atoms with Gasteiger partial charge in [0.25, 0.3) is 0 Å². The van der Waals surface area contributed by atoms with Gasteiger partial charge in [0.2, 0.25) is 0 Å². The van der Waals surface area contributed by atoms with E-state index in [1.165, 1.54) is 0 Å². The molecule has 0 aliphatic carbocycles. The van der Waals surface area contributed by atoms with Crippen LogP contribution in [0.3, 0.4) is 0 Å². The summed E-state index contributed by atoms with van der Waals surface area (Å²) in [5.74, 6) is -0.183. The number of nitrogen functional groups attached to an aromatic ring is 1. The maximum Gasteiger partial charge on any atom is 0.306 e. The predicted octanol–water partition coefficient (Wildman–Crippen LogP) is 3.46. The van der Waals surface area contributed by atoms with Gasteiger partial charge in [-0.05, 0) is 57.2 Å². The molecule has 0 bridgehead atoms. The number of carbonyl (C=O) groups excluding carboxylic acids is 1. The Hall–Kier alpha value is -2.02. The third-order valence-corrected chi connectivity index (χ3v) is 3.33. The van der Waals surface area contributed by atoms with Crippen molar-refractivity contribution in [3.8, 4) is 6.07 Å². The van der Waals surface area contributed by atoms with E-state index in [-0.39, 0.29) is 11.4 Å². The summed E-state index contributed by atoms with van der Waals surface area (Å²) in [7, 11) is 0. The van der Waals surface area contributed by atoms with Crippen molar-refractivity contribution in [2.24, 2.45) is 5.41 Å². The van der Waals surface area contributed by atoms with Gasteiger partial charge < -0.3 is 10.5 Å². The first-order valence-corrected chi connectivity index (χ1v) is 7.34. The molecule has 0 saturated heterocycles. The summed E-state index contributed by atoms with van der Waals surface area (Å²) in [5, 5.41) is 8.89. The van der Waals surface area contributed by atoms with Crippen LogP contribution in [0.5, 0.6) is 0 Å². The van der Waals surface area contributed by atoms with Gasteiger partial charge in [-0.15, -0.1) is 0 Å². The fraction of sp³-hybridized carbons (Fsp3) is 0.529. The molecule has 0 fully saturated rings. The van der Waals surface area contributed by atoms with E-state index < -0.39 is 0 Å². The lowest BCUT2D eigenvalue weighted by Gasteiger charge is -2.14. The largest absolute Gasteiger partial charge is 0.466 e. The normalized spacial score (nSPS) is 10.9. The van der Waals surface area contributed by atoms with Gasteiger partial charge in [0.1, 0.15) is 0 Å². The maximum absolute atomic E-state index is 11.6. The van der Waals surface area contributed by atoms with Crippen LogP contribution in [0.1, 0.15) is 45.1 Å². The van der Waals surface area contributed by atoms with E-state index in [9.17, 15) is 4.79 Å². The molecule has 0 aliphatic heterocycles. The average molecular weight is 288 g/mol. The van der Waals surface area contributed by atoms with Gasteiger partial charge in [0.15, 0.2) is 0 Å². The average Bonchev–Trinajstić information content (AvgIpc) is 2.45. The fourth-order valence-corrected chi connectivity index (χ4v) is 1.98. The van der Waals surface area contributed by atoms with E-state index in [1.807, 2.05) is 38.1 Å². The molecule has 0 unspecified atom stereocenters. The van der Waals surface area contributed by atoms with Crippen molar-refractivity contribution in [3.63, 3.8) is 0 Å². The fourth-order valence-electron chi connectivity index (χ4n) is 1.98. The number of nitriles is 1. The molecule has 0 amide bonds. The number of benzene rings is 1. The Morgan fingerprint density at radius 2 is 2.14 bits per heavy atom. The number of anilines is 1. The van der Waals surface area contributed by atoms with Gasteiger partial charge in [0, 0.05) is 12.1 Å². The SMILES string of the molecule is CC(C)(C#N)CCCCOC(=O)CCc1cccc(N)c1. The zero-order valence-corrected chi connectivity index (χ0v) is 12.9. The summed E-state index contributed by atoms with van der Waals surface area (Å²) in [5.41, 5.74) is 7.14. The predicted molar refractivity (Wildman–Crippen MR) is 83.4 cm³/mol. The van der Waals surface area contributed by atoms with Crippen molar-refractivity contribution in [1.82, 2.24) is 0 Å². The van der Waals surface area contributed by atoms with Crippen LogP contribution in [-0.2, 0) is 16.0 Å². The number of unbranched alkanes of at least 4 members (excludes halogenated alkanes) is 1. The number of hydrogen-bond donors (Lipinski definition) is 1. The molecule has 0 radical (unpaired) electrons. The van der Waals surface area contributed by atoms with E-state index >= 15 is 0 Å². The van der Waals surface area contributed by atoms with Gasteiger partial charge in [-0.25, -0.2) is 0 Å². The second-order valence-electron chi connectivity index (χ2n) is 5.92. The second-order valence-corrected chi connectivity index (χ2v) is 5.92. The van der Waals surface area contributed by atoms with Crippen LogP contribution >= 0.6 is 0 Å². The van der Waals surface area contributed by atoms with Crippen LogP contribution in [0.15, 0.2) is 24.3 Å². The first-order chi connectivity index (χ1) is 9.93. The molecule has 0 saturated carbocycles. The number of carbonyl (C=O) groups is 1. The second kappa shape index (κ2) is 8.31. The third-order valence-electron chi connectivity index (χ3n) is 3.33. The smallest absolute Gasteiger partial charge is 0.306 e. The first kappa shape index (κ1) is 17.0. The van der Waals surface area contributed by atoms with E-state index in [2.05, 4.69) is 6.07 Å². The van der Waals surface area contributed by atoms with Crippen LogP contribution in [0, 0.1) is 16.7 Å². The lowest BCUT2D eigenvalue weighted by Crippen LogP contribution is -2.10. The van der Waals surface area contributed by atoms with Crippen molar-refractivity contribution in [2.75, 3.05) is 12.3 Å². The highest BCUT2D eigenvalue weighted by atomic mass is 16.5. The van der Waals surface area contributed by atoms with E-state index in [4.69, 9.17) is 15.7 Å². The molecule has 1 aromatic carbocycles. The number of aryl methyl sites for hydroxylation is 1. The molecular weight excluding hydrogens is 264 g/mol. The van der Waals surface area contributed by atoms with Crippen LogP contribution in [0.25, 0.3) is 0 Å². The minimum Gasteiger partial charge on any atom is -0.466 e. The van der Waals surface area contributed by atoms with E-state index in [0.29, 0.717) is 25.1 Å². The minimum absolute atomic E-state index is 0.183. The minimum atomic E-state index is -0.294. The first-order valence-electron chi connectivity index (χ1n) is 7.34. The Kier molecular flexibility index (Phi) is 6.74. The van der Waals surface area contributed by atoms with Crippen molar-refractivity contribution in [1.29, 1.82) is 5.26 Å². The Balaban J connectivity index is 2.14. The summed E-state index contributed by atoms with van der Waals surface area (Å²) in [4.78, 5) is 11.6. The van der Waals surface area contributed by atoms with Gasteiger partial charge in [0.05, 0.1) is 18.1 Å². The van der Waals surface area contributed by atoms with Crippen LogP contribution < -0.4 is 5.73 Å². The quantitative estimate of drug-likeness (QED) is 0.451. The molecule has 4 nitrogen and oxygen atoms in total. The molecule has 0 atom stereocenters. The van der Waals surface area contributed by atoms with Gasteiger partial charge in [-0.2, -0.15) is 5.26 Å². The molecule has 114 valence electrons. The number of nitrogens with zero attached hydrogens (tertiary/aromatic N) is 1. The molecule has 1 rings (SSSR count). The van der Waals surface area contributed by atoms with E-state index in [0.717, 1.165) is 24.8 Å². The molecule has 21 heavy (non-hydrogen) atoms. The van der Waals surface area contributed by atoms with Crippen LogP contribution in [-0.4, -0.2) is 12.6 Å². The summed E-state index contributed by atoms with van der Waals surface area (Å²) in [6.07, 6.45) is 3.53. The summed E-state index contributed by atoms with van der Waals surface area (Å²) < 4.78 is 5.19. The lowest BCUT2D eigenvalue weighted by atomic mass is 9.89. The Bertz CT molecular complexity index is 504. The van der Waals surface area contributed by atoms with Crippen molar-refractivity contribution in [2.45, 2.75) is 46.0 Å². The summed E-state index contributed by atoms with van der Waals surface area (Å²) in [6.45, 7) is 4.27. The maximum atomic E-state index is 11.6. The number of nitrogens with two attached hydrogens (primary N) is 1. The molecular formula is C17H24N2O2. The molecule has 1 aromatic rings. The van der Waals surface area contributed by atoms with Crippen LogP contribution in [0.2, 0.25) is 0 Å². The Morgan fingerprint density at radius 1 is 1.38 bits per heavy atom. The molecule has 0 aliphatic rings. The van der Waals surface area contributed by atoms with Gasteiger partial charge in [-0.3, -0.25) is 4.79 Å². The molecule has 0 aromatic heterocycles. The van der Waals surface area contributed by atoms with Crippen molar-refractivity contribution >= 4 is 11.7 Å². The Labute approximate surface area is 126 Å². The van der Waals surface area contributed by atoms with Gasteiger partial charge >= 0.3 is 5.97 Å². The monoisotopic (exact) mass is 288 g/mol. The zero-order valence-electron chi connectivity index (χ0n) is 12.9. The standard InChI is InChI=1S/C17H24N2O2/c1-17(2,13-18)10-3-4-11-21-16(20)9-8-14-6-5-7-15(19)12-14/h5-7,12H,3-4,8-11,19H2,1-2H3. The summed E-state index contributed by atoms with van der Waals surface area (Å²) >= 11 is 0. The van der Waals surface area contributed by atoms with Crippen LogP contribution in [0.4, 0.5) is 5.69 Å². The zero-order chi connectivity index (χ0) is 15.7. The highest BCUT2D eigenvalue weighted by Gasteiger charge is 2.15. The number of hydrogen-bond acceptors (Lipinski definition) is 4. The Morgan fingerprint density at radius 3 is 2.81 bits per heavy atom. The topological polar surface area (TPSA) is 76.1 Å². The van der Waals surface area contributed by atoms with Gasteiger partial charge in [-0.1, -0.05) is 12.1 Å². The molecule has 4 heteroatoms. The van der Waals surface area contributed by atoms with Crippen molar-refractivity contribution in [3.05, 3.63) is 29.8 Å². The number of ether oxygens (including phenoxy) is 1. The third kappa shape index (κ3) is 7.36. The number of rotatable bonds is 8.